The molecule has 0 aromatic heterocycles. The molecule has 20 heavy (non-hydrogen) atoms. The van der Waals surface area contributed by atoms with Gasteiger partial charge in [0.1, 0.15) is 11.9 Å². The van der Waals surface area contributed by atoms with Crippen LogP contribution in [0.3, 0.4) is 0 Å². The number of nitrogens with zero attached hydrogens (tertiary/aromatic N) is 1. The lowest BCUT2D eigenvalue weighted by molar-refractivity contribution is -0.145. The minimum atomic E-state index is -0.828. The second kappa shape index (κ2) is 5.58. The quantitative estimate of drug-likeness (QED) is 0.817. The summed E-state index contributed by atoms with van der Waals surface area (Å²) in [4.78, 5) is 25.2. The number of esters is 1. The molecule has 1 N–H and O–H groups in total. The molecule has 1 aromatic carbocycles. The fourth-order valence-electron chi connectivity index (χ4n) is 2.42. The Hall–Kier alpha value is -1.95. The fraction of sp³-hybridized carbons (Fsp3) is 0.429. The number of aryl methyl sites for hydroxylation is 1. The third-order valence-corrected chi connectivity index (χ3v) is 3.30. The number of aliphatic hydroxyl groups is 1. The molecule has 0 bridgehead atoms. The van der Waals surface area contributed by atoms with E-state index in [1.54, 1.807) is 13.0 Å². The number of amides is 1. The smallest absolute Gasteiger partial charge is 0.328 e. The van der Waals surface area contributed by atoms with Gasteiger partial charge in [-0.2, -0.15) is 0 Å². The van der Waals surface area contributed by atoms with E-state index in [0.717, 1.165) is 6.07 Å². The number of likely N-dealkylation sites (tertiary alicyclic amines) is 1. The van der Waals surface area contributed by atoms with E-state index in [1.165, 1.54) is 18.1 Å². The number of benzene rings is 1. The van der Waals surface area contributed by atoms with Crippen molar-refractivity contribution in [1.82, 2.24) is 4.90 Å². The van der Waals surface area contributed by atoms with Gasteiger partial charge in [0.2, 0.25) is 0 Å². The Bertz CT molecular complexity index is 526. The molecule has 0 saturated carbocycles. The van der Waals surface area contributed by atoms with Crippen LogP contribution < -0.4 is 0 Å². The summed E-state index contributed by atoms with van der Waals surface area (Å²) in [5.74, 6) is -1.58. The van der Waals surface area contributed by atoms with E-state index < -0.39 is 29.8 Å². The number of rotatable bonds is 2. The van der Waals surface area contributed by atoms with E-state index in [-0.39, 0.29) is 18.5 Å². The summed E-state index contributed by atoms with van der Waals surface area (Å²) < 4.78 is 18.0. The van der Waals surface area contributed by atoms with Crippen molar-refractivity contribution in [3.8, 4) is 0 Å². The number of halogens is 1. The van der Waals surface area contributed by atoms with Crippen molar-refractivity contribution in [1.29, 1.82) is 0 Å². The number of β-amino-alcohol motifs (C(OH)–C–C–N with tert-alkyl or cyclic N) is 1. The Labute approximate surface area is 116 Å². The number of carbonyl (C=O) groups excluding carboxylic acids is 2. The highest BCUT2D eigenvalue weighted by atomic mass is 19.1. The second-order valence-corrected chi connectivity index (χ2v) is 4.90. The van der Waals surface area contributed by atoms with Crippen molar-refractivity contribution in [2.75, 3.05) is 13.7 Å². The molecule has 1 fully saturated rings. The number of aliphatic hydroxyl groups excluding tert-OH is 1. The molecule has 2 rings (SSSR count). The summed E-state index contributed by atoms with van der Waals surface area (Å²) in [5, 5.41) is 9.64. The van der Waals surface area contributed by atoms with Crippen LogP contribution >= 0.6 is 0 Å². The molecule has 0 radical (unpaired) electrons. The van der Waals surface area contributed by atoms with Gasteiger partial charge in [0.15, 0.2) is 0 Å². The molecule has 108 valence electrons. The van der Waals surface area contributed by atoms with Crippen LogP contribution in [0.25, 0.3) is 0 Å². The fourth-order valence-corrected chi connectivity index (χ4v) is 2.42. The average molecular weight is 281 g/mol. The number of hydrogen-bond donors (Lipinski definition) is 1. The predicted octanol–water partition coefficient (Wildman–Crippen LogP) is 0.883. The molecule has 2 unspecified atom stereocenters. The van der Waals surface area contributed by atoms with Crippen LogP contribution in [0.5, 0.6) is 0 Å². The first kappa shape index (κ1) is 14.5. The molecule has 0 aliphatic carbocycles. The number of methoxy groups -OCH3 is 1. The van der Waals surface area contributed by atoms with Gasteiger partial charge in [-0.3, -0.25) is 4.79 Å². The van der Waals surface area contributed by atoms with E-state index in [9.17, 15) is 19.1 Å². The summed E-state index contributed by atoms with van der Waals surface area (Å²) in [7, 11) is 1.22. The summed E-state index contributed by atoms with van der Waals surface area (Å²) in [6.07, 6.45) is -0.648. The maximum Gasteiger partial charge on any atom is 0.328 e. The first-order valence-corrected chi connectivity index (χ1v) is 6.26. The summed E-state index contributed by atoms with van der Waals surface area (Å²) in [5.41, 5.74) is 0.771. The van der Waals surface area contributed by atoms with E-state index in [4.69, 9.17) is 0 Å². The zero-order valence-electron chi connectivity index (χ0n) is 11.3. The van der Waals surface area contributed by atoms with E-state index in [1.807, 2.05) is 0 Å². The lowest BCUT2D eigenvalue weighted by Crippen LogP contribution is -2.41. The highest BCUT2D eigenvalue weighted by Crippen LogP contribution is 2.22. The Morgan fingerprint density at radius 1 is 1.40 bits per heavy atom. The van der Waals surface area contributed by atoms with Gasteiger partial charge in [-0.1, -0.05) is 0 Å². The Balaban J connectivity index is 2.28. The van der Waals surface area contributed by atoms with Crippen molar-refractivity contribution in [2.45, 2.75) is 25.5 Å². The van der Waals surface area contributed by atoms with E-state index >= 15 is 0 Å². The summed E-state index contributed by atoms with van der Waals surface area (Å²) >= 11 is 0. The normalized spacial score (nSPS) is 21.9. The standard InChI is InChI=1S/C14H16FNO4/c1-8-3-9(5-10(15)4-8)13(18)16-7-11(17)6-12(16)14(19)20-2/h3-5,11-12,17H,6-7H2,1-2H3. The van der Waals surface area contributed by atoms with Crippen molar-refractivity contribution >= 4 is 11.9 Å². The topological polar surface area (TPSA) is 66.8 Å². The van der Waals surface area contributed by atoms with Gasteiger partial charge in [-0.15, -0.1) is 0 Å². The maximum absolute atomic E-state index is 13.4. The van der Waals surface area contributed by atoms with Crippen LogP contribution in [0, 0.1) is 12.7 Å². The molecule has 1 saturated heterocycles. The number of ether oxygens (including phenoxy) is 1. The largest absolute Gasteiger partial charge is 0.467 e. The molecule has 1 amide bonds. The summed E-state index contributed by atoms with van der Waals surface area (Å²) in [6.45, 7) is 1.71. The van der Waals surface area contributed by atoms with Crippen LogP contribution in [0.2, 0.25) is 0 Å². The molecular weight excluding hydrogens is 265 g/mol. The van der Waals surface area contributed by atoms with Crippen LogP contribution in [0.15, 0.2) is 18.2 Å². The second-order valence-electron chi connectivity index (χ2n) is 4.90. The van der Waals surface area contributed by atoms with Gasteiger partial charge in [0.25, 0.3) is 5.91 Å². The van der Waals surface area contributed by atoms with Gasteiger partial charge in [-0.05, 0) is 30.7 Å². The van der Waals surface area contributed by atoms with Crippen LogP contribution in [0.1, 0.15) is 22.3 Å². The first-order valence-electron chi connectivity index (χ1n) is 6.26. The van der Waals surface area contributed by atoms with Gasteiger partial charge >= 0.3 is 5.97 Å². The monoisotopic (exact) mass is 281 g/mol. The molecule has 1 aliphatic rings. The van der Waals surface area contributed by atoms with Gasteiger partial charge in [-0.25, -0.2) is 9.18 Å². The highest BCUT2D eigenvalue weighted by Gasteiger charge is 2.40. The van der Waals surface area contributed by atoms with Crippen molar-refractivity contribution in [2.24, 2.45) is 0 Å². The van der Waals surface area contributed by atoms with Gasteiger partial charge < -0.3 is 14.7 Å². The zero-order valence-corrected chi connectivity index (χ0v) is 11.3. The van der Waals surface area contributed by atoms with Crippen molar-refractivity contribution < 1.29 is 23.8 Å². The first-order chi connectivity index (χ1) is 9.42. The summed E-state index contributed by atoms with van der Waals surface area (Å²) in [6, 6.07) is 3.15. The van der Waals surface area contributed by atoms with Crippen molar-refractivity contribution in [3.05, 3.63) is 35.1 Å². The molecule has 5 nitrogen and oxygen atoms in total. The Morgan fingerprint density at radius 2 is 2.10 bits per heavy atom. The maximum atomic E-state index is 13.4. The minimum Gasteiger partial charge on any atom is -0.467 e. The molecule has 1 aliphatic heterocycles. The predicted molar refractivity (Wildman–Crippen MR) is 68.6 cm³/mol. The minimum absolute atomic E-state index is 0.0359. The van der Waals surface area contributed by atoms with E-state index in [2.05, 4.69) is 4.74 Å². The van der Waals surface area contributed by atoms with Gasteiger partial charge in [0.05, 0.1) is 13.2 Å². The molecule has 2 atom stereocenters. The zero-order chi connectivity index (χ0) is 14.9. The lowest BCUT2D eigenvalue weighted by atomic mass is 10.1. The molecule has 6 heteroatoms. The molecule has 0 spiro atoms. The van der Waals surface area contributed by atoms with E-state index in [0.29, 0.717) is 5.56 Å². The SMILES string of the molecule is COC(=O)C1CC(O)CN1C(=O)c1cc(C)cc(F)c1. The lowest BCUT2D eigenvalue weighted by Gasteiger charge is -2.22. The van der Waals surface area contributed by atoms with Gasteiger partial charge in [0, 0.05) is 18.5 Å². The van der Waals surface area contributed by atoms with Crippen LogP contribution in [-0.4, -0.2) is 47.7 Å². The van der Waals surface area contributed by atoms with Crippen LogP contribution in [-0.2, 0) is 9.53 Å². The number of hydrogen-bond acceptors (Lipinski definition) is 4. The van der Waals surface area contributed by atoms with Crippen LogP contribution in [0.4, 0.5) is 4.39 Å². The Morgan fingerprint density at radius 3 is 2.70 bits per heavy atom. The molecular formula is C14H16FNO4. The molecule has 1 heterocycles. The number of carbonyl (C=O) groups is 2. The Kier molecular flexibility index (Phi) is 4.04. The third kappa shape index (κ3) is 2.80. The van der Waals surface area contributed by atoms with Crippen molar-refractivity contribution in [3.63, 3.8) is 0 Å². The highest BCUT2D eigenvalue weighted by molar-refractivity contribution is 5.97. The molecule has 1 aromatic rings. The third-order valence-electron chi connectivity index (χ3n) is 3.30. The average Bonchev–Trinajstić information content (AvgIpc) is 2.78.